The first-order valence-corrected chi connectivity index (χ1v) is 6.87. The zero-order chi connectivity index (χ0) is 11.3. The molecule has 0 aromatic rings. The van der Waals surface area contributed by atoms with Crippen molar-refractivity contribution in [3.8, 4) is 0 Å². The predicted molar refractivity (Wildman–Crippen MR) is 68.1 cm³/mol. The Morgan fingerprint density at radius 2 is 1.80 bits per heavy atom. The van der Waals surface area contributed by atoms with Crippen molar-refractivity contribution in [1.82, 2.24) is 5.32 Å². The second-order valence-corrected chi connectivity index (χ2v) is 5.80. The summed E-state index contributed by atoms with van der Waals surface area (Å²) in [6, 6.07) is 0. The molecule has 1 heteroatoms. The van der Waals surface area contributed by atoms with Crippen LogP contribution in [-0.2, 0) is 0 Å². The molecule has 90 valence electrons. The lowest BCUT2D eigenvalue weighted by Gasteiger charge is -2.34. The van der Waals surface area contributed by atoms with Crippen molar-refractivity contribution in [3.63, 3.8) is 0 Å². The van der Waals surface area contributed by atoms with E-state index in [9.17, 15) is 0 Å². The molecule has 1 atom stereocenters. The van der Waals surface area contributed by atoms with Gasteiger partial charge in [-0.15, -0.1) is 0 Å². The van der Waals surface area contributed by atoms with Crippen LogP contribution in [0.25, 0.3) is 0 Å². The minimum atomic E-state index is 0.491. The summed E-state index contributed by atoms with van der Waals surface area (Å²) in [5.41, 5.74) is 0.491. The van der Waals surface area contributed by atoms with Crippen LogP contribution >= 0.6 is 0 Å². The van der Waals surface area contributed by atoms with Crippen molar-refractivity contribution in [2.45, 2.75) is 71.8 Å². The minimum Gasteiger partial charge on any atom is -0.311 e. The third kappa shape index (κ3) is 3.79. The van der Waals surface area contributed by atoms with Crippen molar-refractivity contribution in [3.05, 3.63) is 0 Å². The fraction of sp³-hybridized carbons (Fsp3) is 1.00. The number of hydrogen-bond donors (Lipinski definition) is 1. The van der Waals surface area contributed by atoms with Crippen LogP contribution in [0.1, 0.15) is 66.2 Å². The van der Waals surface area contributed by atoms with Gasteiger partial charge in [-0.05, 0) is 44.1 Å². The van der Waals surface area contributed by atoms with E-state index in [-0.39, 0.29) is 0 Å². The van der Waals surface area contributed by atoms with Gasteiger partial charge in [0.1, 0.15) is 0 Å². The van der Waals surface area contributed by atoms with Gasteiger partial charge in [0, 0.05) is 5.54 Å². The highest BCUT2D eigenvalue weighted by molar-refractivity contribution is 4.94. The van der Waals surface area contributed by atoms with Crippen LogP contribution in [0.5, 0.6) is 0 Å². The fourth-order valence-corrected chi connectivity index (χ4v) is 3.21. The summed E-state index contributed by atoms with van der Waals surface area (Å²) >= 11 is 0. The Kier molecular flexibility index (Phi) is 5.11. The molecule has 1 nitrogen and oxygen atoms in total. The molecule has 0 bridgehead atoms. The second-order valence-electron chi connectivity index (χ2n) is 5.80. The molecule has 1 aliphatic heterocycles. The van der Waals surface area contributed by atoms with Crippen LogP contribution in [0.15, 0.2) is 0 Å². The van der Waals surface area contributed by atoms with E-state index >= 15 is 0 Å². The zero-order valence-electron chi connectivity index (χ0n) is 11.1. The van der Waals surface area contributed by atoms with Gasteiger partial charge in [0.2, 0.25) is 0 Å². The molecule has 1 N–H and O–H groups in total. The van der Waals surface area contributed by atoms with Gasteiger partial charge in [0.25, 0.3) is 0 Å². The normalized spacial score (nSPS) is 26.8. The third-order valence-corrected chi connectivity index (χ3v) is 3.97. The first-order chi connectivity index (χ1) is 7.12. The molecular formula is C14H29N. The van der Waals surface area contributed by atoms with Gasteiger partial charge < -0.3 is 5.32 Å². The average Bonchev–Trinajstić information content (AvgIpc) is 2.62. The summed E-state index contributed by atoms with van der Waals surface area (Å²) in [6.07, 6.45) is 8.24. The summed E-state index contributed by atoms with van der Waals surface area (Å²) in [4.78, 5) is 0. The second kappa shape index (κ2) is 5.89. The van der Waals surface area contributed by atoms with E-state index < -0.39 is 0 Å². The maximum absolute atomic E-state index is 3.80. The van der Waals surface area contributed by atoms with Gasteiger partial charge in [0.15, 0.2) is 0 Å². The predicted octanol–water partition coefficient (Wildman–Crippen LogP) is 3.98. The van der Waals surface area contributed by atoms with Crippen molar-refractivity contribution in [2.24, 2.45) is 11.8 Å². The van der Waals surface area contributed by atoms with Crippen molar-refractivity contribution < 1.29 is 0 Å². The van der Waals surface area contributed by atoms with Crippen LogP contribution in [0.4, 0.5) is 0 Å². The maximum atomic E-state index is 3.80. The summed E-state index contributed by atoms with van der Waals surface area (Å²) in [5, 5.41) is 3.80. The van der Waals surface area contributed by atoms with E-state index in [1.54, 1.807) is 0 Å². The standard InChI is InChI=1S/C14H29N/c1-5-13(6-2)11-14(10-12(3)4)8-7-9-15-14/h12-13,15H,5-11H2,1-4H3. The summed E-state index contributed by atoms with van der Waals surface area (Å²) in [7, 11) is 0. The minimum absolute atomic E-state index is 0.491. The van der Waals surface area contributed by atoms with Crippen LogP contribution in [0.2, 0.25) is 0 Å². The van der Waals surface area contributed by atoms with E-state index in [4.69, 9.17) is 0 Å². The Hall–Kier alpha value is -0.0400. The lowest BCUT2D eigenvalue weighted by Crippen LogP contribution is -2.42. The molecule has 15 heavy (non-hydrogen) atoms. The zero-order valence-corrected chi connectivity index (χ0v) is 11.1. The summed E-state index contributed by atoms with van der Waals surface area (Å²) in [6.45, 7) is 10.6. The topological polar surface area (TPSA) is 12.0 Å². The average molecular weight is 211 g/mol. The van der Waals surface area contributed by atoms with Crippen molar-refractivity contribution in [2.75, 3.05) is 6.54 Å². The molecule has 0 amide bonds. The lowest BCUT2D eigenvalue weighted by molar-refractivity contribution is 0.232. The van der Waals surface area contributed by atoms with Gasteiger partial charge in [-0.2, -0.15) is 0 Å². The highest BCUT2D eigenvalue weighted by Gasteiger charge is 2.35. The Bertz CT molecular complexity index is 164. The lowest BCUT2D eigenvalue weighted by atomic mass is 9.78. The Labute approximate surface area is 96.0 Å². The molecule has 1 saturated heterocycles. The molecule has 1 unspecified atom stereocenters. The van der Waals surface area contributed by atoms with Gasteiger partial charge in [0.05, 0.1) is 0 Å². The monoisotopic (exact) mass is 211 g/mol. The molecule has 0 spiro atoms. The molecule has 0 aromatic carbocycles. The number of hydrogen-bond acceptors (Lipinski definition) is 1. The molecule has 1 rings (SSSR count). The van der Waals surface area contributed by atoms with E-state index in [0.29, 0.717) is 5.54 Å². The molecule has 0 aromatic heterocycles. The van der Waals surface area contributed by atoms with Crippen molar-refractivity contribution >= 4 is 0 Å². The first kappa shape index (κ1) is 13.0. The Morgan fingerprint density at radius 3 is 2.20 bits per heavy atom. The first-order valence-electron chi connectivity index (χ1n) is 6.87. The maximum Gasteiger partial charge on any atom is 0.0187 e. The molecule has 0 radical (unpaired) electrons. The molecule has 1 fully saturated rings. The SMILES string of the molecule is CCC(CC)CC1(CC(C)C)CCCN1. The third-order valence-electron chi connectivity index (χ3n) is 3.97. The number of rotatable bonds is 6. The largest absolute Gasteiger partial charge is 0.311 e. The van der Waals surface area contributed by atoms with Crippen LogP contribution in [0.3, 0.4) is 0 Å². The van der Waals surface area contributed by atoms with Crippen LogP contribution in [0, 0.1) is 11.8 Å². The van der Waals surface area contributed by atoms with E-state index in [1.165, 1.54) is 45.1 Å². The quantitative estimate of drug-likeness (QED) is 0.700. The fourth-order valence-electron chi connectivity index (χ4n) is 3.21. The molecular weight excluding hydrogens is 182 g/mol. The molecule has 0 saturated carbocycles. The van der Waals surface area contributed by atoms with Gasteiger partial charge in [-0.3, -0.25) is 0 Å². The number of nitrogens with one attached hydrogen (secondary N) is 1. The smallest absolute Gasteiger partial charge is 0.0187 e. The highest BCUT2D eigenvalue weighted by Crippen LogP contribution is 2.34. The van der Waals surface area contributed by atoms with E-state index in [0.717, 1.165) is 11.8 Å². The van der Waals surface area contributed by atoms with E-state index in [1.807, 2.05) is 0 Å². The van der Waals surface area contributed by atoms with Crippen LogP contribution < -0.4 is 5.32 Å². The van der Waals surface area contributed by atoms with Gasteiger partial charge >= 0.3 is 0 Å². The summed E-state index contributed by atoms with van der Waals surface area (Å²) in [5.74, 6) is 1.75. The molecule has 1 heterocycles. The van der Waals surface area contributed by atoms with E-state index in [2.05, 4.69) is 33.0 Å². The highest BCUT2D eigenvalue weighted by atomic mass is 15.0. The van der Waals surface area contributed by atoms with Gasteiger partial charge in [-0.25, -0.2) is 0 Å². The molecule has 1 aliphatic rings. The van der Waals surface area contributed by atoms with Crippen LogP contribution in [-0.4, -0.2) is 12.1 Å². The summed E-state index contributed by atoms with van der Waals surface area (Å²) < 4.78 is 0. The Balaban J connectivity index is 2.56. The van der Waals surface area contributed by atoms with Crippen molar-refractivity contribution in [1.29, 1.82) is 0 Å². The Morgan fingerprint density at radius 1 is 1.13 bits per heavy atom. The molecule has 0 aliphatic carbocycles. The van der Waals surface area contributed by atoms with Gasteiger partial charge in [-0.1, -0.05) is 40.5 Å².